The fourth-order valence-corrected chi connectivity index (χ4v) is 5.49. The molecule has 1 saturated heterocycles. The molecule has 11 heteroatoms. The lowest BCUT2D eigenvalue weighted by Gasteiger charge is -2.18. The topological polar surface area (TPSA) is 156 Å². The number of fused-ring (bicyclic) bond motifs is 1. The van der Waals surface area contributed by atoms with Gasteiger partial charge in [0.1, 0.15) is 10.3 Å². The number of thioether (sulfide) groups is 2. The zero-order valence-corrected chi connectivity index (χ0v) is 15.5. The molecule has 5 N–H and O–H groups in total. The second kappa shape index (κ2) is 7.59. The maximum absolute atomic E-state index is 12.3. The van der Waals surface area contributed by atoms with Gasteiger partial charge in [-0.3, -0.25) is 19.4 Å². The first-order valence-electron chi connectivity index (χ1n) is 8.08. The summed E-state index contributed by atoms with van der Waals surface area (Å²) in [5.74, 6) is -1.56. The predicted molar refractivity (Wildman–Crippen MR) is 96.1 cm³/mol. The minimum Gasteiger partial charge on any atom is -0.481 e. The highest BCUT2D eigenvalue weighted by Gasteiger charge is 2.41. The molecule has 26 heavy (non-hydrogen) atoms. The van der Waals surface area contributed by atoms with Crippen molar-refractivity contribution in [1.29, 1.82) is 0 Å². The zero-order valence-electron chi connectivity index (χ0n) is 13.9. The number of nitrogen functional groups attached to an aromatic ring is 1. The van der Waals surface area contributed by atoms with Gasteiger partial charge in [0, 0.05) is 5.25 Å². The van der Waals surface area contributed by atoms with E-state index in [0.29, 0.717) is 18.5 Å². The SMILES string of the molecule is C[C@H](O)C1OC(CCC2C(=O)Sc3c2nc(N)[nH]c3=O)C(CC(=O)O)S1. The van der Waals surface area contributed by atoms with Crippen LogP contribution < -0.4 is 11.3 Å². The molecular formula is C15H19N3O6S2. The van der Waals surface area contributed by atoms with Crippen LogP contribution in [-0.4, -0.2) is 54.2 Å². The molecule has 1 fully saturated rings. The number of hydrogen-bond donors (Lipinski definition) is 4. The molecule has 0 saturated carbocycles. The normalized spacial score (nSPS) is 28.9. The van der Waals surface area contributed by atoms with Gasteiger partial charge in [0.15, 0.2) is 0 Å². The van der Waals surface area contributed by atoms with Gasteiger partial charge in [-0.1, -0.05) is 0 Å². The number of nitrogens with zero attached hydrogens (tertiary/aromatic N) is 1. The van der Waals surface area contributed by atoms with Crippen molar-refractivity contribution < 1.29 is 24.5 Å². The number of rotatable bonds is 6. The van der Waals surface area contributed by atoms with E-state index in [0.717, 1.165) is 11.8 Å². The van der Waals surface area contributed by atoms with E-state index < -0.39 is 35.1 Å². The number of carbonyl (C=O) groups is 2. The lowest BCUT2D eigenvalue weighted by Crippen LogP contribution is -2.25. The molecule has 4 unspecified atom stereocenters. The van der Waals surface area contributed by atoms with Crippen LogP contribution in [0.4, 0.5) is 5.95 Å². The van der Waals surface area contributed by atoms with Crippen LogP contribution in [0.5, 0.6) is 0 Å². The number of aromatic nitrogens is 2. The Bertz CT molecular complexity index is 783. The fourth-order valence-electron chi connectivity index (χ4n) is 3.09. The Labute approximate surface area is 157 Å². The summed E-state index contributed by atoms with van der Waals surface area (Å²) in [6.45, 7) is 1.59. The number of carboxylic acids is 1. The molecule has 0 radical (unpaired) electrons. The van der Waals surface area contributed by atoms with Crippen LogP contribution in [0.1, 0.15) is 37.8 Å². The number of aliphatic carboxylic acids is 1. The third kappa shape index (κ3) is 3.90. The standard InChI is InChI=1S/C15H19N3O6S2/c1-5(19)14-24-7(8(25-14)4-9(20)21)3-2-6-10-11(26-13(6)23)12(22)18-15(16)17-10/h5-8,14,19H,2-4H2,1H3,(H,20,21)(H3,16,17,18,22)/t5-,6?,7?,8?,14?/m0/s1. The zero-order chi connectivity index (χ0) is 19.0. The highest BCUT2D eigenvalue weighted by molar-refractivity contribution is 8.14. The van der Waals surface area contributed by atoms with Crippen LogP contribution in [0.15, 0.2) is 9.69 Å². The number of carbonyl (C=O) groups excluding carboxylic acids is 1. The predicted octanol–water partition coefficient (Wildman–Crippen LogP) is 0.530. The smallest absolute Gasteiger partial charge is 0.304 e. The number of carboxylic acid groups (broad SMARTS) is 1. The van der Waals surface area contributed by atoms with E-state index >= 15 is 0 Å². The quantitative estimate of drug-likeness (QED) is 0.530. The monoisotopic (exact) mass is 401 g/mol. The third-order valence-corrected chi connectivity index (χ3v) is 6.96. The summed E-state index contributed by atoms with van der Waals surface area (Å²) in [5, 5.41) is 18.3. The van der Waals surface area contributed by atoms with Crippen molar-refractivity contribution in [3.63, 3.8) is 0 Å². The van der Waals surface area contributed by atoms with Gasteiger partial charge in [0.05, 0.1) is 30.2 Å². The Hall–Kier alpha value is -1.56. The highest BCUT2D eigenvalue weighted by atomic mass is 32.2. The molecule has 142 valence electrons. The largest absolute Gasteiger partial charge is 0.481 e. The second-order valence-electron chi connectivity index (χ2n) is 6.27. The lowest BCUT2D eigenvalue weighted by molar-refractivity contribution is -0.137. The average molecular weight is 401 g/mol. The number of anilines is 1. The fraction of sp³-hybridized carbons (Fsp3) is 0.600. The number of aromatic amines is 1. The molecule has 2 aliphatic heterocycles. The van der Waals surface area contributed by atoms with Crippen LogP contribution in [0, 0.1) is 0 Å². The summed E-state index contributed by atoms with van der Waals surface area (Å²) in [4.78, 5) is 42.0. The second-order valence-corrected chi connectivity index (χ2v) is 8.63. The number of hydrogen-bond acceptors (Lipinski definition) is 9. The van der Waals surface area contributed by atoms with E-state index in [1.807, 2.05) is 0 Å². The van der Waals surface area contributed by atoms with Crippen molar-refractivity contribution in [3.05, 3.63) is 16.0 Å². The maximum Gasteiger partial charge on any atom is 0.304 e. The molecule has 9 nitrogen and oxygen atoms in total. The van der Waals surface area contributed by atoms with Gasteiger partial charge in [-0.05, 0) is 31.5 Å². The molecule has 0 bridgehead atoms. The Morgan fingerprint density at radius 2 is 2.15 bits per heavy atom. The van der Waals surface area contributed by atoms with Gasteiger partial charge in [0.25, 0.3) is 5.56 Å². The Morgan fingerprint density at radius 1 is 1.42 bits per heavy atom. The first kappa shape index (κ1) is 19.2. The summed E-state index contributed by atoms with van der Waals surface area (Å²) in [5.41, 5.74) is 5.02. The summed E-state index contributed by atoms with van der Waals surface area (Å²) in [7, 11) is 0. The Balaban J connectivity index is 1.73. The molecule has 3 heterocycles. The minimum absolute atomic E-state index is 0.0420. The van der Waals surface area contributed by atoms with Gasteiger partial charge in [0.2, 0.25) is 11.1 Å². The summed E-state index contributed by atoms with van der Waals surface area (Å²) >= 11 is 2.15. The maximum atomic E-state index is 12.3. The molecule has 0 aromatic carbocycles. The first-order chi connectivity index (χ1) is 12.3. The van der Waals surface area contributed by atoms with E-state index in [1.165, 1.54) is 11.8 Å². The highest BCUT2D eigenvalue weighted by Crippen LogP contribution is 2.43. The van der Waals surface area contributed by atoms with Crippen LogP contribution >= 0.6 is 23.5 Å². The number of nitrogens with one attached hydrogen (secondary N) is 1. The van der Waals surface area contributed by atoms with Crippen molar-refractivity contribution in [2.75, 3.05) is 5.73 Å². The van der Waals surface area contributed by atoms with Crippen molar-refractivity contribution in [2.45, 2.75) is 59.9 Å². The van der Waals surface area contributed by atoms with Crippen LogP contribution in [0.25, 0.3) is 0 Å². The van der Waals surface area contributed by atoms with Gasteiger partial charge in [-0.25, -0.2) is 4.98 Å². The molecule has 0 aliphatic carbocycles. The molecule has 1 aromatic rings. The van der Waals surface area contributed by atoms with E-state index in [9.17, 15) is 19.5 Å². The van der Waals surface area contributed by atoms with Crippen molar-refractivity contribution in [2.24, 2.45) is 0 Å². The van der Waals surface area contributed by atoms with Crippen molar-refractivity contribution in [3.8, 4) is 0 Å². The average Bonchev–Trinajstić information content (AvgIpc) is 3.06. The van der Waals surface area contributed by atoms with Crippen LogP contribution in [-0.2, 0) is 14.3 Å². The van der Waals surface area contributed by atoms with E-state index in [2.05, 4.69) is 9.97 Å². The molecule has 3 rings (SSSR count). The molecule has 2 aliphatic rings. The van der Waals surface area contributed by atoms with E-state index in [4.69, 9.17) is 15.6 Å². The lowest BCUT2D eigenvalue weighted by atomic mass is 9.97. The molecule has 0 amide bonds. The van der Waals surface area contributed by atoms with Gasteiger partial charge >= 0.3 is 5.97 Å². The molecule has 1 aromatic heterocycles. The Morgan fingerprint density at radius 3 is 2.81 bits per heavy atom. The van der Waals surface area contributed by atoms with Gasteiger partial charge < -0.3 is 20.7 Å². The summed E-state index contributed by atoms with van der Waals surface area (Å²) in [6.07, 6.45) is -0.447. The van der Waals surface area contributed by atoms with E-state index in [-0.39, 0.29) is 27.6 Å². The molecule has 0 spiro atoms. The molecule has 5 atom stereocenters. The number of H-pyrrole nitrogens is 1. The van der Waals surface area contributed by atoms with Gasteiger partial charge in [-0.15, -0.1) is 11.8 Å². The van der Waals surface area contributed by atoms with Crippen LogP contribution in [0.2, 0.25) is 0 Å². The number of aliphatic hydroxyl groups is 1. The van der Waals surface area contributed by atoms with E-state index in [1.54, 1.807) is 6.92 Å². The number of ether oxygens (including phenoxy) is 1. The number of aliphatic hydroxyl groups excluding tert-OH is 1. The molecular weight excluding hydrogens is 382 g/mol. The summed E-state index contributed by atoms with van der Waals surface area (Å²) in [6, 6.07) is 0. The van der Waals surface area contributed by atoms with Crippen LogP contribution in [0.3, 0.4) is 0 Å². The summed E-state index contributed by atoms with van der Waals surface area (Å²) < 4.78 is 5.79. The van der Waals surface area contributed by atoms with Gasteiger partial charge in [-0.2, -0.15) is 0 Å². The third-order valence-electron chi connectivity index (χ3n) is 4.28. The minimum atomic E-state index is -0.943. The number of nitrogens with two attached hydrogens (primary N) is 1. The van der Waals surface area contributed by atoms with Crippen molar-refractivity contribution in [1.82, 2.24) is 9.97 Å². The Kier molecular flexibility index (Phi) is 5.61. The first-order valence-corrected chi connectivity index (χ1v) is 9.84. The van der Waals surface area contributed by atoms with Crippen molar-refractivity contribution >= 4 is 40.6 Å².